The first-order valence-electron chi connectivity index (χ1n) is 6.56. The molecular formula is C14H16N4O3. The van der Waals surface area contributed by atoms with Crippen LogP contribution >= 0.6 is 0 Å². The van der Waals surface area contributed by atoms with Gasteiger partial charge in [-0.1, -0.05) is 12.1 Å². The molecule has 0 amide bonds. The maximum absolute atomic E-state index is 12.0. The van der Waals surface area contributed by atoms with Crippen molar-refractivity contribution in [3.05, 3.63) is 62.2 Å². The number of nitro benzene ring substituents is 1. The zero-order chi connectivity index (χ0) is 15.4. The summed E-state index contributed by atoms with van der Waals surface area (Å²) in [5.74, 6) is 0.241. The summed E-state index contributed by atoms with van der Waals surface area (Å²) < 4.78 is 1.54. The molecule has 0 aliphatic carbocycles. The van der Waals surface area contributed by atoms with Gasteiger partial charge in [-0.2, -0.15) is 0 Å². The Hall–Kier alpha value is -2.70. The maximum atomic E-state index is 12.0. The molecule has 0 bridgehead atoms. The Balaban J connectivity index is 2.23. The fraction of sp³-hybridized carbons (Fsp3) is 0.286. The van der Waals surface area contributed by atoms with Gasteiger partial charge in [-0.05, 0) is 19.4 Å². The van der Waals surface area contributed by atoms with Gasteiger partial charge in [0.2, 0.25) is 0 Å². The standard InChI is InChI=1S/C14H16N4O3/c1-3-17-8-7-15-13(14(17)19)16-9-11-5-4-6-12(10(11)2)18(20)21/h4-8H,3,9H2,1-2H3,(H,15,16). The van der Waals surface area contributed by atoms with Gasteiger partial charge in [0.25, 0.3) is 11.2 Å². The fourth-order valence-electron chi connectivity index (χ4n) is 2.06. The minimum atomic E-state index is -0.413. The lowest BCUT2D eigenvalue weighted by molar-refractivity contribution is -0.385. The van der Waals surface area contributed by atoms with Crippen LogP contribution in [0.15, 0.2) is 35.4 Å². The van der Waals surface area contributed by atoms with Crippen LogP contribution in [0.3, 0.4) is 0 Å². The number of nitrogens with one attached hydrogen (secondary N) is 1. The molecule has 0 aliphatic heterocycles. The van der Waals surface area contributed by atoms with Crippen LogP contribution in [0.1, 0.15) is 18.1 Å². The van der Waals surface area contributed by atoms with E-state index in [9.17, 15) is 14.9 Å². The molecule has 0 saturated carbocycles. The average molecular weight is 288 g/mol. The summed E-state index contributed by atoms with van der Waals surface area (Å²) in [7, 11) is 0. The Bertz CT molecular complexity index is 724. The van der Waals surface area contributed by atoms with E-state index in [2.05, 4.69) is 10.3 Å². The lowest BCUT2D eigenvalue weighted by Crippen LogP contribution is -2.23. The number of hydrogen-bond acceptors (Lipinski definition) is 5. The average Bonchev–Trinajstić information content (AvgIpc) is 2.47. The van der Waals surface area contributed by atoms with Crippen LogP contribution in [0.25, 0.3) is 0 Å². The monoisotopic (exact) mass is 288 g/mol. The fourth-order valence-corrected chi connectivity index (χ4v) is 2.06. The third-order valence-corrected chi connectivity index (χ3v) is 3.31. The van der Waals surface area contributed by atoms with Gasteiger partial charge < -0.3 is 9.88 Å². The van der Waals surface area contributed by atoms with Crippen LogP contribution in [0.2, 0.25) is 0 Å². The smallest absolute Gasteiger partial charge is 0.293 e. The second-order valence-corrected chi connectivity index (χ2v) is 4.54. The first kappa shape index (κ1) is 14.7. The zero-order valence-electron chi connectivity index (χ0n) is 11.9. The molecular weight excluding hydrogens is 272 g/mol. The summed E-state index contributed by atoms with van der Waals surface area (Å²) >= 11 is 0. The molecule has 0 unspecified atom stereocenters. The molecule has 1 aromatic heterocycles. The van der Waals surface area contributed by atoms with Gasteiger partial charge in [-0.15, -0.1) is 0 Å². The van der Waals surface area contributed by atoms with Crippen molar-refractivity contribution in [1.82, 2.24) is 9.55 Å². The number of aromatic nitrogens is 2. The highest BCUT2D eigenvalue weighted by atomic mass is 16.6. The van der Waals surface area contributed by atoms with E-state index in [4.69, 9.17) is 0 Å². The molecule has 0 aliphatic rings. The summed E-state index contributed by atoms with van der Waals surface area (Å²) in [5, 5.41) is 13.8. The summed E-state index contributed by atoms with van der Waals surface area (Å²) in [5.41, 5.74) is 1.21. The predicted octanol–water partition coefficient (Wildman–Crippen LogP) is 2.09. The minimum absolute atomic E-state index is 0.0706. The molecule has 7 heteroatoms. The molecule has 0 spiro atoms. The molecule has 1 aromatic carbocycles. The Morgan fingerprint density at radius 3 is 2.86 bits per heavy atom. The van der Waals surface area contributed by atoms with Crippen molar-refractivity contribution in [2.45, 2.75) is 26.9 Å². The molecule has 1 N–H and O–H groups in total. The Morgan fingerprint density at radius 1 is 1.43 bits per heavy atom. The van der Waals surface area contributed by atoms with Crippen LogP contribution in [-0.2, 0) is 13.1 Å². The van der Waals surface area contributed by atoms with Gasteiger partial charge in [-0.3, -0.25) is 14.9 Å². The first-order chi connectivity index (χ1) is 10.0. The van der Waals surface area contributed by atoms with Crippen LogP contribution < -0.4 is 10.9 Å². The molecule has 1 heterocycles. The van der Waals surface area contributed by atoms with Crippen molar-refractivity contribution >= 4 is 11.5 Å². The van der Waals surface area contributed by atoms with Crippen molar-refractivity contribution in [3.63, 3.8) is 0 Å². The van der Waals surface area contributed by atoms with Gasteiger partial charge in [0.15, 0.2) is 5.82 Å². The number of rotatable bonds is 5. The molecule has 0 atom stereocenters. The largest absolute Gasteiger partial charge is 0.361 e. The number of nitrogens with zero attached hydrogens (tertiary/aromatic N) is 3. The van der Waals surface area contributed by atoms with Crippen molar-refractivity contribution < 1.29 is 4.92 Å². The zero-order valence-corrected chi connectivity index (χ0v) is 11.9. The van der Waals surface area contributed by atoms with E-state index in [0.29, 0.717) is 18.7 Å². The van der Waals surface area contributed by atoms with Crippen LogP contribution in [0, 0.1) is 17.0 Å². The van der Waals surface area contributed by atoms with Crippen molar-refractivity contribution in [2.75, 3.05) is 5.32 Å². The predicted molar refractivity (Wildman–Crippen MR) is 79.3 cm³/mol. The second-order valence-electron chi connectivity index (χ2n) is 4.54. The molecule has 110 valence electrons. The summed E-state index contributed by atoms with van der Waals surface area (Å²) in [6.45, 7) is 4.43. The molecule has 0 radical (unpaired) electrons. The third kappa shape index (κ3) is 3.07. The molecule has 2 aromatic rings. The van der Waals surface area contributed by atoms with Crippen LogP contribution in [-0.4, -0.2) is 14.5 Å². The topological polar surface area (TPSA) is 90.1 Å². The third-order valence-electron chi connectivity index (χ3n) is 3.31. The Kier molecular flexibility index (Phi) is 4.32. The highest BCUT2D eigenvalue weighted by Gasteiger charge is 2.13. The number of nitro groups is 1. The van der Waals surface area contributed by atoms with E-state index in [0.717, 1.165) is 5.56 Å². The van der Waals surface area contributed by atoms with Crippen molar-refractivity contribution in [3.8, 4) is 0 Å². The lowest BCUT2D eigenvalue weighted by Gasteiger charge is -2.09. The second kappa shape index (κ2) is 6.17. The van der Waals surface area contributed by atoms with Gasteiger partial charge in [0, 0.05) is 37.1 Å². The molecule has 0 saturated heterocycles. The molecule has 0 fully saturated rings. The van der Waals surface area contributed by atoms with Gasteiger partial charge >= 0.3 is 0 Å². The summed E-state index contributed by atoms with van der Waals surface area (Å²) in [6.07, 6.45) is 3.17. The number of hydrogen-bond donors (Lipinski definition) is 1. The number of aryl methyl sites for hydroxylation is 1. The quantitative estimate of drug-likeness (QED) is 0.672. The summed E-state index contributed by atoms with van der Waals surface area (Å²) in [4.78, 5) is 26.5. The highest BCUT2D eigenvalue weighted by Crippen LogP contribution is 2.21. The SMILES string of the molecule is CCn1ccnc(NCc2cccc([N+](=O)[O-])c2C)c1=O. The number of benzene rings is 1. The lowest BCUT2D eigenvalue weighted by atomic mass is 10.1. The van der Waals surface area contributed by atoms with E-state index in [-0.39, 0.29) is 17.1 Å². The van der Waals surface area contributed by atoms with Gasteiger partial charge in [-0.25, -0.2) is 4.98 Å². The van der Waals surface area contributed by atoms with Crippen molar-refractivity contribution in [2.24, 2.45) is 0 Å². The van der Waals surface area contributed by atoms with Crippen LogP contribution in [0.4, 0.5) is 11.5 Å². The Morgan fingerprint density at radius 2 is 2.19 bits per heavy atom. The maximum Gasteiger partial charge on any atom is 0.293 e. The van der Waals surface area contributed by atoms with E-state index in [1.54, 1.807) is 31.5 Å². The summed E-state index contributed by atoms with van der Waals surface area (Å²) in [6, 6.07) is 4.88. The molecule has 2 rings (SSSR count). The van der Waals surface area contributed by atoms with Crippen molar-refractivity contribution in [1.29, 1.82) is 0 Å². The molecule has 7 nitrogen and oxygen atoms in total. The number of anilines is 1. The normalized spacial score (nSPS) is 10.4. The molecule has 21 heavy (non-hydrogen) atoms. The Labute approximate surface area is 121 Å². The van der Waals surface area contributed by atoms with E-state index in [1.165, 1.54) is 10.6 Å². The van der Waals surface area contributed by atoms with Gasteiger partial charge in [0.05, 0.1) is 4.92 Å². The highest BCUT2D eigenvalue weighted by molar-refractivity contribution is 5.46. The first-order valence-corrected chi connectivity index (χ1v) is 6.56. The minimum Gasteiger partial charge on any atom is -0.361 e. The van der Waals surface area contributed by atoms with E-state index in [1.807, 2.05) is 6.92 Å². The van der Waals surface area contributed by atoms with Gasteiger partial charge in [0.1, 0.15) is 0 Å². The van der Waals surface area contributed by atoms with Crippen LogP contribution in [0.5, 0.6) is 0 Å². The van der Waals surface area contributed by atoms with E-state index >= 15 is 0 Å². The van der Waals surface area contributed by atoms with E-state index < -0.39 is 4.92 Å².